The molecule has 0 N–H and O–H groups in total. The van der Waals surface area contributed by atoms with Crippen molar-refractivity contribution < 1.29 is 19.5 Å². The van der Waals surface area contributed by atoms with E-state index < -0.39 is 0 Å². The van der Waals surface area contributed by atoms with Gasteiger partial charge in [-0.05, 0) is 34.4 Å². The van der Waals surface area contributed by atoms with Gasteiger partial charge >= 0.3 is 0 Å². The third-order valence-electron chi connectivity index (χ3n) is 4.79. The molecule has 2 nitrogen and oxygen atoms in total. The quantitative estimate of drug-likeness (QED) is 0.248. The summed E-state index contributed by atoms with van der Waals surface area (Å²) in [4.78, 5) is 9.34. The van der Waals surface area contributed by atoms with Crippen LogP contribution in [0.1, 0.15) is 0 Å². The molecule has 0 amide bonds. The van der Waals surface area contributed by atoms with Gasteiger partial charge in [-0.1, -0.05) is 72.8 Å². The predicted molar refractivity (Wildman–Crippen MR) is 108 cm³/mol. The van der Waals surface area contributed by atoms with Gasteiger partial charge in [0, 0.05) is 42.6 Å². The Morgan fingerprint density at radius 3 is 1.26 bits per heavy atom. The Hall–Kier alpha value is -2.90. The molecular formula is C24H16N2Ru. The second-order valence-corrected chi connectivity index (χ2v) is 6.31. The molecule has 3 aromatic carbocycles. The van der Waals surface area contributed by atoms with E-state index in [9.17, 15) is 0 Å². The molecule has 0 saturated carbocycles. The standard InChI is InChI=1S/C24H16N2.Ru/c1-3-7-17(8-4-1)19-13-15-25-23-21(19)11-12-22-20(14-16-26-24(22)23)18-9-5-2-6-10-18;/h1-16H;. The molecule has 2 heterocycles. The summed E-state index contributed by atoms with van der Waals surface area (Å²) in [6, 6.07) is 29.3. The maximum absolute atomic E-state index is 4.67. The smallest absolute Gasteiger partial charge is 0.0970 e. The van der Waals surface area contributed by atoms with Gasteiger partial charge in [0.25, 0.3) is 0 Å². The van der Waals surface area contributed by atoms with E-state index in [-0.39, 0.29) is 19.5 Å². The zero-order valence-electron chi connectivity index (χ0n) is 14.5. The first-order chi connectivity index (χ1) is 12.9. The van der Waals surface area contributed by atoms with Crippen LogP contribution in [0.3, 0.4) is 0 Å². The average molecular weight is 433 g/mol. The molecule has 0 bridgehead atoms. The zero-order chi connectivity index (χ0) is 17.3. The van der Waals surface area contributed by atoms with Crippen LogP contribution >= 0.6 is 0 Å². The summed E-state index contributed by atoms with van der Waals surface area (Å²) in [6.45, 7) is 0. The van der Waals surface area contributed by atoms with Crippen molar-refractivity contribution in [3.63, 3.8) is 0 Å². The fourth-order valence-electron chi connectivity index (χ4n) is 3.57. The minimum Gasteiger partial charge on any atom is -0.254 e. The minimum atomic E-state index is 0. The Balaban J connectivity index is 0.00000180. The van der Waals surface area contributed by atoms with E-state index >= 15 is 0 Å². The molecule has 0 spiro atoms. The topological polar surface area (TPSA) is 25.8 Å². The normalized spacial score (nSPS) is 10.7. The van der Waals surface area contributed by atoms with Crippen molar-refractivity contribution in [3.05, 3.63) is 97.3 Å². The van der Waals surface area contributed by atoms with Crippen LogP contribution < -0.4 is 0 Å². The van der Waals surface area contributed by atoms with Gasteiger partial charge < -0.3 is 0 Å². The van der Waals surface area contributed by atoms with Crippen LogP contribution in [0, 0.1) is 0 Å². The van der Waals surface area contributed by atoms with Gasteiger partial charge in [-0.3, -0.25) is 9.97 Å². The number of fused-ring (bicyclic) bond motifs is 3. The SMILES string of the molecule is [Ru].c1ccc(-c2ccnc3c2ccc2c(-c4ccccc4)ccnc23)cc1. The Kier molecular flexibility index (Phi) is 4.79. The van der Waals surface area contributed by atoms with Crippen LogP contribution in [-0.4, -0.2) is 9.97 Å². The summed E-state index contributed by atoms with van der Waals surface area (Å²) >= 11 is 0. The molecule has 0 unspecified atom stereocenters. The number of aromatic nitrogens is 2. The number of rotatable bonds is 2. The molecule has 3 heteroatoms. The van der Waals surface area contributed by atoms with Crippen molar-refractivity contribution in [2.24, 2.45) is 0 Å². The third-order valence-corrected chi connectivity index (χ3v) is 4.79. The van der Waals surface area contributed by atoms with Gasteiger partial charge in [0.05, 0.1) is 11.0 Å². The summed E-state index contributed by atoms with van der Waals surface area (Å²) < 4.78 is 0. The Morgan fingerprint density at radius 2 is 0.852 bits per heavy atom. The average Bonchev–Trinajstić information content (AvgIpc) is 2.74. The predicted octanol–water partition coefficient (Wildman–Crippen LogP) is 6.11. The van der Waals surface area contributed by atoms with Crippen molar-refractivity contribution >= 4 is 21.8 Å². The van der Waals surface area contributed by atoms with Crippen molar-refractivity contribution in [2.45, 2.75) is 0 Å². The number of pyridine rings is 2. The Bertz CT molecular complexity index is 1120. The van der Waals surface area contributed by atoms with Crippen LogP contribution in [0.5, 0.6) is 0 Å². The second-order valence-electron chi connectivity index (χ2n) is 6.31. The molecule has 5 rings (SSSR count). The summed E-state index contributed by atoms with van der Waals surface area (Å²) in [6.07, 6.45) is 3.75. The van der Waals surface area contributed by atoms with E-state index in [2.05, 4.69) is 82.8 Å². The molecule has 0 saturated heterocycles. The molecular weight excluding hydrogens is 417 g/mol. The van der Waals surface area contributed by atoms with Gasteiger partial charge in [0.15, 0.2) is 0 Å². The number of hydrogen-bond acceptors (Lipinski definition) is 2. The van der Waals surface area contributed by atoms with E-state index in [1.165, 1.54) is 22.3 Å². The zero-order valence-corrected chi connectivity index (χ0v) is 16.2. The maximum atomic E-state index is 4.67. The van der Waals surface area contributed by atoms with Gasteiger partial charge in [-0.25, -0.2) is 0 Å². The molecule has 0 aliphatic heterocycles. The van der Waals surface area contributed by atoms with Gasteiger partial charge in [0.2, 0.25) is 0 Å². The molecule has 0 atom stereocenters. The largest absolute Gasteiger partial charge is 0.254 e. The number of hydrogen-bond donors (Lipinski definition) is 0. The van der Waals surface area contributed by atoms with Crippen molar-refractivity contribution in [1.29, 1.82) is 0 Å². The summed E-state index contributed by atoms with van der Waals surface area (Å²) in [5, 5.41) is 2.26. The van der Waals surface area contributed by atoms with E-state index in [1.807, 2.05) is 24.5 Å². The van der Waals surface area contributed by atoms with E-state index in [0.29, 0.717) is 0 Å². The Labute approximate surface area is 170 Å². The second kappa shape index (κ2) is 7.38. The van der Waals surface area contributed by atoms with E-state index in [1.54, 1.807) is 0 Å². The maximum Gasteiger partial charge on any atom is 0.0970 e. The van der Waals surface area contributed by atoms with Gasteiger partial charge in [-0.15, -0.1) is 0 Å². The first kappa shape index (κ1) is 17.5. The fraction of sp³-hybridized carbons (Fsp3) is 0. The fourth-order valence-corrected chi connectivity index (χ4v) is 3.57. The third kappa shape index (κ3) is 3.05. The summed E-state index contributed by atoms with van der Waals surface area (Å²) in [5.74, 6) is 0. The van der Waals surface area contributed by atoms with Crippen LogP contribution in [0.25, 0.3) is 44.1 Å². The number of nitrogens with zero attached hydrogens (tertiary/aromatic N) is 2. The van der Waals surface area contributed by atoms with Gasteiger partial charge in [-0.2, -0.15) is 0 Å². The molecule has 5 aromatic rings. The van der Waals surface area contributed by atoms with Gasteiger partial charge in [0.1, 0.15) is 0 Å². The summed E-state index contributed by atoms with van der Waals surface area (Å²) in [7, 11) is 0. The van der Waals surface area contributed by atoms with E-state index in [4.69, 9.17) is 0 Å². The molecule has 0 fully saturated rings. The molecule has 0 radical (unpaired) electrons. The van der Waals surface area contributed by atoms with Crippen molar-refractivity contribution in [3.8, 4) is 22.3 Å². The number of benzene rings is 3. The minimum absolute atomic E-state index is 0. The monoisotopic (exact) mass is 434 g/mol. The van der Waals surface area contributed by atoms with Crippen LogP contribution in [-0.2, 0) is 19.5 Å². The van der Waals surface area contributed by atoms with E-state index in [0.717, 1.165) is 21.8 Å². The molecule has 0 aliphatic carbocycles. The molecule has 130 valence electrons. The van der Waals surface area contributed by atoms with Crippen molar-refractivity contribution in [2.75, 3.05) is 0 Å². The summed E-state index contributed by atoms with van der Waals surface area (Å²) in [5.41, 5.74) is 6.65. The first-order valence-corrected chi connectivity index (χ1v) is 8.69. The van der Waals surface area contributed by atoms with Crippen LogP contribution in [0.4, 0.5) is 0 Å². The molecule has 27 heavy (non-hydrogen) atoms. The van der Waals surface area contributed by atoms with Crippen molar-refractivity contribution in [1.82, 2.24) is 9.97 Å². The van der Waals surface area contributed by atoms with Crippen LogP contribution in [0.2, 0.25) is 0 Å². The van der Waals surface area contributed by atoms with Crippen LogP contribution in [0.15, 0.2) is 97.3 Å². The first-order valence-electron chi connectivity index (χ1n) is 8.69. The molecule has 2 aromatic heterocycles. The molecule has 0 aliphatic rings. The Morgan fingerprint density at radius 1 is 0.444 bits per heavy atom.